The van der Waals surface area contributed by atoms with Gasteiger partial charge in [-0.2, -0.15) is 0 Å². The number of hydrogen-bond donors (Lipinski definition) is 1. The van der Waals surface area contributed by atoms with Crippen LogP contribution >= 0.6 is 0 Å². The second-order valence-corrected chi connectivity index (χ2v) is 5.96. The Morgan fingerprint density at radius 3 is 2.29 bits per heavy atom. The highest BCUT2D eigenvalue weighted by Crippen LogP contribution is 2.14. The molecule has 0 atom stereocenters. The molecule has 1 N–H and O–H groups in total. The number of amides is 1. The van der Waals surface area contributed by atoms with Gasteiger partial charge in [-0.3, -0.25) is 4.79 Å². The molecule has 0 aliphatic heterocycles. The Balaban J connectivity index is 2.66. The van der Waals surface area contributed by atoms with E-state index in [0.29, 0.717) is 12.1 Å². The predicted octanol–water partition coefficient (Wildman–Crippen LogP) is 2.22. The van der Waals surface area contributed by atoms with Gasteiger partial charge in [-0.05, 0) is 30.7 Å². The Kier molecular flexibility index (Phi) is 4.69. The first kappa shape index (κ1) is 13.7. The van der Waals surface area contributed by atoms with Gasteiger partial charge in [0.05, 0.1) is 4.90 Å². The van der Waals surface area contributed by atoms with Crippen molar-refractivity contribution in [1.82, 2.24) is 0 Å². The van der Waals surface area contributed by atoms with Crippen LogP contribution in [0, 0.1) is 0 Å². The Hall–Kier alpha value is -1.36. The fraction of sp³-hybridized carbons (Fsp3) is 0.417. The molecule has 0 aliphatic carbocycles. The first-order valence-corrected chi connectivity index (χ1v) is 7.42. The van der Waals surface area contributed by atoms with Gasteiger partial charge < -0.3 is 5.32 Å². The molecule has 0 fully saturated rings. The summed E-state index contributed by atoms with van der Waals surface area (Å²) in [4.78, 5) is 11.7. The summed E-state index contributed by atoms with van der Waals surface area (Å²) in [7, 11) is -3.17. The molecule has 0 bridgehead atoms. The van der Waals surface area contributed by atoms with Crippen LogP contribution in [0.2, 0.25) is 0 Å². The minimum absolute atomic E-state index is 0.0426. The summed E-state index contributed by atoms with van der Waals surface area (Å²) in [5.74, 6) is -0.0426. The zero-order valence-corrected chi connectivity index (χ0v) is 10.9. The fourth-order valence-electron chi connectivity index (χ4n) is 1.35. The first-order valence-electron chi connectivity index (χ1n) is 5.53. The fourth-order valence-corrected chi connectivity index (χ4v) is 1.98. The molecule has 0 radical (unpaired) electrons. The van der Waals surface area contributed by atoms with Gasteiger partial charge in [0.25, 0.3) is 0 Å². The van der Waals surface area contributed by atoms with E-state index in [2.05, 4.69) is 5.32 Å². The number of nitrogens with one attached hydrogen (secondary N) is 1. The molecule has 1 amide bonds. The Bertz CT molecular complexity index is 477. The monoisotopic (exact) mass is 255 g/mol. The molecule has 0 saturated heterocycles. The number of anilines is 1. The minimum atomic E-state index is -3.17. The van der Waals surface area contributed by atoms with Crippen LogP contribution in [-0.2, 0) is 14.6 Å². The van der Waals surface area contributed by atoms with Gasteiger partial charge in [-0.25, -0.2) is 8.42 Å². The standard InChI is InChI=1S/C12H17NO3S/c1-3-4-5-12(14)13-10-6-8-11(9-7-10)17(2,15)16/h6-9H,3-5H2,1-2H3,(H,13,14). The van der Waals surface area contributed by atoms with Gasteiger partial charge in [0.1, 0.15) is 0 Å². The molecule has 17 heavy (non-hydrogen) atoms. The second kappa shape index (κ2) is 5.82. The number of rotatable bonds is 5. The molecular weight excluding hydrogens is 238 g/mol. The van der Waals surface area contributed by atoms with Crippen LogP contribution in [0.5, 0.6) is 0 Å². The van der Waals surface area contributed by atoms with E-state index in [1.165, 1.54) is 12.1 Å². The molecule has 0 heterocycles. The van der Waals surface area contributed by atoms with Gasteiger partial charge in [0, 0.05) is 18.4 Å². The lowest BCUT2D eigenvalue weighted by molar-refractivity contribution is -0.116. The average Bonchev–Trinajstić information content (AvgIpc) is 2.26. The predicted molar refractivity (Wildman–Crippen MR) is 67.7 cm³/mol. The first-order chi connectivity index (χ1) is 7.93. The van der Waals surface area contributed by atoms with Crippen LogP contribution in [0.15, 0.2) is 29.2 Å². The number of carbonyl (C=O) groups is 1. The number of carbonyl (C=O) groups excluding carboxylic acids is 1. The third-order valence-corrected chi connectivity index (χ3v) is 3.45. The smallest absolute Gasteiger partial charge is 0.224 e. The van der Waals surface area contributed by atoms with E-state index in [1.807, 2.05) is 6.92 Å². The zero-order valence-electron chi connectivity index (χ0n) is 10.1. The summed E-state index contributed by atoms with van der Waals surface area (Å²) in [5, 5.41) is 2.72. The summed E-state index contributed by atoms with van der Waals surface area (Å²) in [6, 6.07) is 6.18. The van der Waals surface area contributed by atoms with E-state index in [0.717, 1.165) is 19.1 Å². The quantitative estimate of drug-likeness (QED) is 0.877. The Morgan fingerprint density at radius 1 is 1.24 bits per heavy atom. The summed E-state index contributed by atoms with van der Waals surface area (Å²) in [5.41, 5.74) is 0.624. The second-order valence-electron chi connectivity index (χ2n) is 3.95. The van der Waals surface area contributed by atoms with Crippen LogP contribution < -0.4 is 5.32 Å². The van der Waals surface area contributed by atoms with Crippen molar-refractivity contribution in [1.29, 1.82) is 0 Å². The van der Waals surface area contributed by atoms with Crippen molar-refractivity contribution in [2.45, 2.75) is 31.1 Å². The van der Waals surface area contributed by atoms with Crippen molar-refractivity contribution < 1.29 is 13.2 Å². The van der Waals surface area contributed by atoms with E-state index in [-0.39, 0.29) is 10.8 Å². The molecule has 4 nitrogen and oxygen atoms in total. The lowest BCUT2D eigenvalue weighted by atomic mass is 10.2. The number of unbranched alkanes of at least 4 members (excludes halogenated alkanes) is 1. The third-order valence-electron chi connectivity index (χ3n) is 2.32. The highest BCUT2D eigenvalue weighted by molar-refractivity contribution is 7.90. The summed E-state index contributed by atoms with van der Waals surface area (Å²) in [6.45, 7) is 2.02. The zero-order chi connectivity index (χ0) is 12.9. The van der Waals surface area contributed by atoms with Crippen molar-refractivity contribution in [3.05, 3.63) is 24.3 Å². The summed E-state index contributed by atoms with van der Waals surface area (Å²) < 4.78 is 22.4. The molecule has 1 rings (SSSR count). The van der Waals surface area contributed by atoms with Crippen molar-refractivity contribution in [3.8, 4) is 0 Å². The van der Waals surface area contributed by atoms with E-state index in [9.17, 15) is 13.2 Å². The molecule has 94 valence electrons. The maximum Gasteiger partial charge on any atom is 0.224 e. The van der Waals surface area contributed by atoms with E-state index in [1.54, 1.807) is 12.1 Å². The molecule has 0 spiro atoms. The maximum absolute atomic E-state index is 11.4. The molecule has 1 aromatic carbocycles. The van der Waals surface area contributed by atoms with Crippen molar-refractivity contribution in [2.24, 2.45) is 0 Å². The van der Waals surface area contributed by atoms with Gasteiger partial charge in [-0.15, -0.1) is 0 Å². The van der Waals surface area contributed by atoms with Crippen molar-refractivity contribution in [3.63, 3.8) is 0 Å². The van der Waals surface area contributed by atoms with E-state index in [4.69, 9.17) is 0 Å². The number of benzene rings is 1. The minimum Gasteiger partial charge on any atom is -0.326 e. The highest BCUT2D eigenvalue weighted by atomic mass is 32.2. The average molecular weight is 255 g/mol. The van der Waals surface area contributed by atoms with Crippen LogP contribution in [-0.4, -0.2) is 20.6 Å². The lowest BCUT2D eigenvalue weighted by Gasteiger charge is -2.05. The Morgan fingerprint density at radius 2 is 1.82 bits per heavy atom. The maximum atomic E-state index is 11.4. The third kappa shape index (κ3) is 4.56. The van der Waals surface area contributed by atoms with E-state index >= 15 is 0 Å². The Labute approximate surface area is 102 Å². The highest BCUT2D eigenvalue weighted by Gasteiger charge is 2.07. The van der Waals surface area contributed by atoms with Gasteiger partial charge in [0.15, 0.2) is 9.84 Å². The lowest BCUT2D eigenvalue weighted by Crippen LogP contribution is -2.11. The van der Waals surface area contributed by atoms with Crippen LogP contribution in [0.1, 0.15) is 26.2 Å². The van der Waals surface area contributed by atoms with Crippen LogP contribution in [0.4, 0.5) is 5.69 Å². The van der Waals surface area contributed by atoms with Crippen molar-refractivity contribution >= 4 is 21.4 Å². The summed E-state index contributed by atoms with van der Waals surface area (Å²) in [6.07, 6.45) is 3.47. The molecule has 0 saturated carbocycles. The van der Waals surface area contributed by atoms with Gasteiger partial charge >= 0.3 is 0 Å². The molecule has 0 aromatic heterocycles. The van der Waals surface area contributed by atoms with Crippen LogP contribution in [0.3, 0.4) is 0 Å². The van der Waals surface area contributed by atoms with Gasteiger partial charge in [-0.1, -0.05) is 13.3 Å². The molecule has 0 unspecified atom stereocenters. The van der Waals surface area contributed by atoms with Crippen molar-refractivity contribution in [2.75, 3.05) is 11.6 Å². The van der Waals surface area contributed by atoms with E-state index < -0.39 is 9.84 Å². The molecule has 1 aromatic rings. The van der Waals surface area contributed by atoms with Crippen LogP contribution in [0.25, 0.3) is 0 Å². The number of sulfone groups is 1. The topological polar surface area (TPSA) is 63.2 Å². The SMILES string of the molecule is CCCCC(=O)Nc1ccc(S(C)(=O)=O)cc1. The molecule has 0 aliphatic rings. The summed E-state index contributed by atoms with van der Waals surface area (Å²) >= 11 is 0. The normalized spacial score (nSPS) is 11.2. The number of hydrogen-bond acceptors (Lipinski definition) is 3. The molecule has 5 heteroatoms. The van der Waals surface area contributed by atoms with Gasteiger partial charge in [0.2, 0.25) is 5.91 Å². The molecular formula is C12H17NO3S. The largest absolute Gasteiger partial charge is 0.326 e.